The minimum atomic E-state index is 0.968. The molecular weight excluding hydrogens is 252 g/mol. The molecule has 0 aliphatic heterocycles. The monoisotopic (exact) mass is 280 g/mol. The lowest BCUT2D eigenvalue weighted by molar-refractivity contribution is -0.382. The average molecular weight is 280 g/mol. The smallest absolute Gasteiger partial charge is 0.0163 e. The molecule has 0 radical (unpaired) electrons. The molecule has 0 aromatic rings. The van der Waals surface area contributed by atoms with Gasteiger partial charge in [-0.05, 0) is 128 Å². The molecule has 0 N–H and O–H groups in total. The van der Waals surface area contributed by atoms with Gasteiger partial charge >= 0.3 is 0 Å². The van der Waals surface area contributed by atoms with E-state index >= 15 is 0 Å². The molecule has 0 atom stereocenters. The Bertz CT molecular complexity index is 429. The third-order valence-electron chi connectivity index (χ3n) is 11.2. The van der Waals surface area contributed by atoms with Crippen LogP contribution in [0.15, 0.2) is 0 Å². The van der Waals surface area contributed by atoms with Gasteiger partial charge in [0.05, 0.1) is 0 Å². The summed E-state index contributed by atoms with van der Waals surface area (Å²) in [5, 5.41) is 0. The molecule has 0 amide bonds. The second kappa shape index (κ2) is 2.89. The van der Waals surface area contributed by atoms with Crippen molar-refractivity contribution in [1.82, 2.24) is 0 Å². The third-order valence-corrected chi connectivity index (χ3v) is 11.2. The summed E-state index contributed by atoms with van der Waals surface area (Å²) in [6.07, 6.45) is 13.5. The Morgan fingerprint density at radius 1 is 0.333 bits per heavy atom. The van der Waals surface area contributed by atoms with Gasteiger partial charge in [-0.25, -0.2) is 0 Å². The number of hydrogen-bond donors (Lipinski definition) is 0. The van der Waals surface area contributed by atoms with E-state index in [1.54, 1.807) is 51.4 Å². The zero-order valence-electron chi connectivity index (χ0n) is 13.1. The van der Waals surface area contributed by atoms with Crippen molar-refractivity contribution in [2.24, 2.45) is 76.4 Å². The first-order valence-corrected chi connectivity index (χ1v) is 10.4. The van der Waals surface area contributed by atoms with Crippen LogP contribution in [0.3, 0.4) is 0 Å². The molecule has 8 aliphatic rings. The van der Waals surface area contributed by atoms with Gasteiger partial charge in [0.2, 0.25) is 0 Å². The minimum absolute atomic E-state index is 0.968. The third kappa shape index (κ3) is 0.837. The average Bonchev–Trinajstić information content (AvgIpc) is 2.31. The maximum atomic E-state index is 1.69. The molecule has 0 aromatic heterocycles. The molecule has 8 saturated carbocycles. The van der Waals surface area contributed by atoms with E-state index in [1.807, 2.05) is 0 Å². The Kier molecular flexibility index (Phi) is 1.47. The van der Waals surface area contributed by atoms with Gasteiger partial charge in [0.15, 0.2) is 0 Å². The molecule has 0 heteroatoms. The quantitative estimate of drug-likeness (QED) is 0.608. The van der Waals surface area contributed by atoms with E-state index in [1.165, 1.54) is 71.0 Å². The molecule has 21 heavy (non-hydrogen) atoms. The van der Waals surface area contributed by atoms with Crippen LogP contribution in [-0.4, -0.2) is 0 Å². The van der Waals surface area contributed by atoms with E-state index in [9.17, 15) is 0 Å². The molecule has 8 fully saturated rings. The predicted octanol–water partition coefficient (Wildman–Crippen LogP) is 4.60. The van der Waals surface area contributed by atoms with Crippen molar-refractivity contribution in [1.29, 1.82) is 0 Å². The fourth-order valence-corrected chi connectivity index (χ4v) is 11.6. The van der Waals surface area contributed by atoms with Crippen molar-refractivity contribution in [3.8, 4) is 0 Å². The Morgan fingerprint density at radius 3 is 0.714 bits per heavy atom. The van der Waals surface area contributed by atoms with Crippen LogP contribution in [0.1, 0.15) is 51.4 Å². The summed E-state index contributed by atoms with van der Waals surface area (Å²) in [6.45, 7) is 0. The highest BCUT2D eigenvalue weighted by atomic mass is 14.9. The van der Waals surface area contributed by atoms with Crippen molar-refractivity contribution in [3.05, 3.63) is 0 Å². The second-order valence-electron chi connectivity index (χ2n) is 11.1. The lowest BCUT2D eigenvalue weighted by atomic mass is 9.18. The fourth-order valence-electron chi connectivity index (χ4n) is 11.6. The van der Waals surface area contributed by atoms with Gasteiger partial charge in [-0.1, -0.05) is 0 Å². The maximum Gasteiger partial charge on any atom is -0.0163 e. The summed E-state index contributed by atoms with van der Waals surface area (Å²) in [4.78, 5) is 0. The van der Waals surface area contributed by atoms with Crippen LogP contribution in [0, 0.1) is 76.4 Å². The molecule has 8 aliphatic carbocycles. The summed E-state index contributed by atoms with van der Waals surface area (Å²) >= 11 is 0. The second-order valence-corrected chi connectivity index (χ2v) is 11.1. The van der Waals surface area contributed by atoms with Gasteiger partial charge in [0, 0.05) is 0 Å². The molecule has 112 valence electrons. The van der Waals surface area contributed by atoms with Gasteiger partial charge in [-0.3, -0.25) is 0 Å². The molecule has 0 unspecified atom stereocenters. The fraction of sp³-hybridized carbons (Fsp3) is 1.00. The zero-order chi connectivity index (χ0) is 13.1. The summed E-state index contributed by atoms with van der Waals surface area (Å²) in [5.74, 6) is 14.8. The van der Waals surface area contributed by atoms with E-state index in [4.69, 9.17) is 0 Å². The summed E-state index contributed by atoms with van der Waals surface area (Å²) in [7, 11) is 0. The Labute approximate surface area is 128 Å². The highest BCUT2D eigenvalue weighted by Gasteiger charge is 2.81. The first-order valence-electron chi connectivity index (χ1n) is 10.4. The number of hydrogen-bond acceptors (Lipinski definition) is 0. The summed E-state index contributed by atoms with van der Waals surface area (Å²) in [6, 6.07) is 0. The lowest BCUT2D eigenvalue weighted by Gasteiger charge is -2.86. The van der Waals surface area contributed by atoms with Crippen LogP contribution < -0.4 is 0 Å². The molecule has 8 rings (SSSR count). The van der Waals surface area contributed by atoms with Crippen molar-refractivity contribution in [2.45, 2.75) is 51.4 Å². The Hall–Kier alpha value is 0. The van der Waals surface area contributed by atoms with Crippen LogP contribution in [0.25, 0.3) is 0 Å². The highest BCUT2D eigenvalue weighted by Crippen LogP contribution is 2.87. The van der Waals surface area contributed by atoms with E-state index in [-0.39, 0.29) is 0 Å². The molecule has 1 spiro atoms. The molecular formula is C21H28. The van der Waals surface area contributed by atoms with Crippen molar-refractivity contribution >= 4 is 0 Å². The van der Waals surface area contributed by atoms with Crippen molar-refractivity contribution < 1.29 is 0 Å². The SMILES string of the molecule is C1C2CC3CC4CC5CC6CC7CC8CC1C2C(C34)(C87)C56. The topological polar surface area (TPSA) is 0 Å². The van der Waals surface area contributed by atoms with Crippen molar-refractivity contribution in [2.75, 3.05) is 0 Å². The van der Waals surface area contributed by atoms with Crippen molar-refractivity contribution in [3.63, 3.8) is 0 Å². The molecule has 0 aromatic carbocycles. The first kappa shape index (κ1) is 10.7. The van der Waals surface area contributed by atoms with Crippen LogP contribution in [0.4, 0.5) is 0 Å². The minimum Gasteiger partial charge on any atom is -0.0470 e. The van der Waals surface area contributed by atoms with E-state index in [2.05, 4.69) is 0 Å². The summed E-state index contributed by atoms with van der Waals surface area (Å²) < 4.78 is 0. The van der Waals surface area contributed by atoms with E-state index < -0.39 is 0 Å². The van der Waals surface area contributed by atoms with Gasteiger partial charge in [-0.15, -0.1) is 0 Å². The molecule has 0 heterocycles. The summed E-state index contributed by atoms with van der Waals surface area (Å²) in [5.41, 5.74) is 0.968. The van der Waals surface area contributed by atoms with Crippen LogP contribution in [0.2, 0.25) is 0 Å². The number of rotatable bonds is 0. The standard InChI is InChI=1S/C21H28/c1-9-5-11-2-13-7-15-4-16-8-14-3-12-6-10(1)17(9)21(18(11)13,19(12)14)20(15)16/h9-20H,1-8H2. The van der Waals surface area contributed by atoms with Gasteiger partial charge in [0.25, 0.3) is 0 Å². The molecule has 0 bridgehead atoms. The van der Waals surface area contributed by atoms with Crippen LogP contribution in [-0.2, 0) is 0 Å². The van der Waals surface area contributed by atoms with Gasteiger partial charge in [0.1, 0.15) is 0 Å². The Morgan fingerprint density at radius 2 is 0.524 bits per heavy atom. The normalized spacial score (nSPS) is 80.0. The molecule has 0 nitrogen and oxygen atoms in total. The van der Waals surface area contributed by atoms with Gasteiger partial charge < -0.3 is 0 Å². The van der Waals surface area contributed by atoms with Crippen LogP contribution >= 0.6 is 0 Å². The van der Waals surface area contributed by atoms with Gasteiger partial charge in [-0.2, -0.15) is 0 Å². The Balaban J connectivity index is 1.41. The maximum absolute atomic E-state index is 1.69. The zero-order valence-corrected chi connectivity index (χ0v) is 13.1. The predicted molar refractivity (Wildman–Crippen MR) is 81.2 cm³/mol. The van der Waals surface area contributed by atoms with Crippen LogP contribution in [0.5, 0.6) is 0 Å². The molecule has 0 saturated heterocycles. The first-order chi connectivity index (χ1) is 10.4. The van der Waals surface area contributed by atoms with E-state index in [0.717, 1.165) is 5.41 Å². The highest BCUT2D eigenvalue weighted by molar-refractivity contribution is 5.29. The van der Waals surface area contributed by atoms with E-state index in [0.29, 0.717) is 0 Å². The lowest BCUT2D eigenvalue weighted by Crippen LogP contribution is -2.80. The largest absolute Gasteiger partial charge is 0.0470 e.